The van der Waals surface area contributed by atoms with E-state index in [1.807, 2.05) is 0 Å². The van der Waals surface area contributed by atoms with Crippen molar-refractivity contribution < 1.29 is 0 Å². The first-order chi connectivity index (χ1) is 33.7. The molecule has 1 heteroatoms. The van der Waals surface area contributed by atoms with Gasteiger partial charge in [0.05, 0.1) is 10.8 Å². The third-order valence-corrected chi connectivity index (χ3v) is 17.1. The molecule has 69 heavy (non-hydrogen) atoms. The van der Waals surface area contributed by atoms with Crippen molar-refractivity contribution in [3.63, 3.8) is 0 Å². The van der Waals surface area contributed by atoms with Crippen LogP contribution in [-0.4, -0.2) is 0 Å². The molecule has 0 N–H and O–H groups in total. The molecule has 5 aliphatic rings. The molecular formula is C68H53N. The zero-order valence-corrected chi connectivity index (χ0v) is 39.7. The molecule has 0 aromatic heterocycles. The molecule has 0 aliphatic heterocycles. The van der Waals surface area contributed by atoms with Crippen LogP contribution in [-0.2, 0) is 21.7 Å². The van der Waals surface area contributed by atoms with Gasteiger partial charge in [0.1, 0.15) is 0 Å². The van der Waals surface area contributed by atoms with E-state index in [9.17, 15) is 0 Å². The van der Waals surface area contributed by atoms with Crippen LogP contribution in [0.15, 0.2) is 230 Å². The summed E-state index contributed by atoms with van der Waals surface area (Å²) in [6.07, 6.45) is 6.96. The summed E-state index contributed by atoms with van der Waals surface area (Å²) in [6, 6.07) is 81.4. The van der Waals surface area contributed by atoms with Gasteiger partial charge in [0.2, 0.25) is 0 Å². The molecule has 0 atom stereocenters. The summed E-state index contributed by atoms with van der Waals surface area (Å²) >= 11 is 0. The van der Waals surface area contributed by atoms with E-state index in [0.717, 1.165) is 18.5 Å². The van der Waals surface area contributed by atoms with Gasteiger partial charge in [-0.05, 0) is 149 Å². The molecule has 330 valence electrons. The molecule has 0 bridgehead atoms. The Hall–Kier alpha value is -7.74. The number of fused-ring (bicyclic) bond motifs is 14. The summed E-state index contributed by atoms with van der Waals surface area (Å²) in [5.74, 6) is 0. The van der Waals surface area contributed by atoms with Gasteiger partial charge in [0, 0.05) is 27.9 Å². The lowest BCUT2D eigenvalue weighted by Crippen LogP contribution is -2.44. The van der Waals surface area contributed by atoms with Crippen LogP contribution in [0.2, 0.25) is 0 Å². The zero-order valence-electron chi connectivity index (χ0n) is 39.7. The second-order valence-corrected chi connectivity index (χ2v) is 21.0. The quantitative estimate of drug-likeness (QED) is 0.166. The highest BCUT2D eigenvalue weighted by molar-refractivity contribution is 5.94. The van der Waals surface area contributed by atoms with Crippen molar-refractivity contribution in [2.75, 3.05) is 4.90 Å². The maximum Gasteiger partial charge on any atom is 0.0720 e. The number of anilines is 3. The smallest absolute Gasteiger partial charge is 0.0720 e. The predicted octanol–water partition coefficient (Wildman–Crippen LogP) is 16.9. The molecule has 0 saturated carbocycles. The van der Waals surface area contributed by atoms with E-state index in [0.29, 0.717) is 0 Å². The van der Waals surface area contributed by atoms with E-state index in [1.54, 1.807) is 0 Å². The van der Waals surface area contributed by atoms with Crippen molar-refractivity contribution in [3.05, 3.63) is 297 Å². The zero-order chi connectivity index (χ0) is 46.3. The first-order valence-electron chi connectivity index (χ1n) is 24.9. The van der Waals surface area contributed by atoms with Gasteiger partial charge in [-0.15, -0.1) is 0 Å². The Morgan fingerprint density at radius 1 is 0.333 bits per heavy atom. The number of nitrogens with zero attached hydrogens (tertiary/aromatic N) is 1. The standard InChI is InChI=1S/C68H53N/c1-65(2)55-28-14-11-25-49(55)52-38-35-46(41-62(52)65)69(47-36-39-53-50-26-12-15-29-56(50)66(3,4)63(53)42-47)48-37-40-54-51-27-13-16-30-57(51)68(64(54)43-48)60-33-19-17-31-58(60)67(44-21-7-5-8-22-44,45-23-9-6-10-24-45)59-32-18-20-34-61(59)68/h5-11,13-25,27-43H,12,26H2,1-4H3. The Morgan fingerprint density at radius 3 is 1.30 bits per heavy atom. The summed E-state index contributed by atoms with van der Waals surface area (Å²) in [4.78, 5) is 2.57. The summed E-state index contributed by atoms with van der Waals surface area (Å²) in [5.41, 5.74) is 26.4. The SMILES string of the molecule is CC1(C)C2=C(CCC=C2)c2ccc(N(c3ccc4c(c3)C(C)(C)c3ccccc3-4)c3ccc4c(c3)C3(c5ccccc5-4)c4ccccc4C(c4ccccc4)(c4ccccc4)c4ccccc43)cc21. The third kappa shape index (κ3) is 5.20. The average Bonchev–Trinajstić information content (AvgIpc) is 3.91. The number of benzene rings is 9. The van der Waals surface area contributed by atoms with E-state index in [4.69, 9.17) is 0 Å². The first kappa shape index (κ1) is 40.3. The van der Waals surface area contributed by atoms with E-state index in [-0.39, 0.29) is 10.8 Å². The van der Waals surface area contributed by atoms with E-state index in [1.165, 1.54) is 112 Å². The molecule has 0 saturated heterocycles. The molecule has 9 aromatic carbocycles. The fraction of sp³-hybridized carbons (Fsp3) is 0.147. The summed E-state index contributed by atoms with van der Waals surface area (Å²) in [5, 5.41) is 0. The van der Waals surface area contributed by atoms with E-state index in [2.05, 4.69) is 257 Å². The highest BCUT2D eigenvalue weighted by Crippen LogP contribution is 2.65. The van der Waals surface area contributed by atoms with Gasteiger partial charge in [-0.1, -0.05) is 216 Å². The first-order valence-corrected chi connectivity index (χ1v) is 24.9. The summed E-state index contributed by atoms with van der Waals surface area (Å²) in [6.45, 7) is 9.64. The molecular weight excluding hydrogens is 831 g/mol. The van der Waals surface area contributed by atoms with E-state index < -0.39 is 10.8 Å². The minimum absolute atomic E-state index is 0.103. The van der Waals surface area contributed by atoms with Crippen LogP contribution < -0.4 is 4.90 Å². The second kappa shape index (κ2) is 14.4. The average molecular weight is 884 g/mol. The van der Waals surface area contributed by atoms with Gasteiger partial charge in [0.25, 0.3) is 0 Å². The molecule has 0 fully saturated rings. The van der Waals surface area contributed by atoms with Crippen LogP contribution in [0.25, 0.3) is 27.8 Å². The van der Waals surface area contributed by atoms with Gasteiger partial charge >= 0.3 is 0 Å². The minimum atomic E-state index is -0.606. The van der Waals surface area contributed by atoms with Gasteiger partial charge in [-0.2, -0.15) is 0 Å². The van der Waals surface area contributed by atoms with Crippen molar-refractivity contribution in [1.82, 2.24) is 0 Å². The van der Waals surface area contributed by atoms with Crippen LogP contribution in [0.3, 0.4) is 0 Å². The molecule has 1 nitrogen and oxygen atoms in total. The maximum atomic E-state index is 2.57. The van der Waals surface area contributed by atoms with Crippen molar-refractivity contribution in [3.8, 4) is 22.3 Å². The van der Waals surface area contributed by atoms with Crippen molar-refractivity contribution in [2.45, 2.75) is 62.2 Å². The Morgan fingerprint density at radius 2 is 0.739 bits per heavy atom. The summed E-state index contributed by atoms with van der Waals surface area (Å²) in [7, 11) is 0. The molecule has 0 unspecified atom stereocenters. The molecule has 1 spiro atoms. The predicted molar refractivity (Wildman–Crippen MR) is 286 cm³/mol. The van der Waals surface area contributed by atoms with Crippen LogP contribution in [0, 0.1) is 0 Å². The summed E-state index contributed by atoms with van der Waals surface area (Å²) < 4.78 is 0. The number of hydrogen-bond acceptors (Lipinski definition) is 1. The number of rotatable bonds is 5. The van der Waals surface area contributed by atoms with Crippen LogP contribution >= 0.6 is 0 Å². The van der Waals surface area contributed by atoms with Crippen LogP contribution in [0.1, 0.15) is 107 Å². The van der Waals surface area contributed by atoms with Crippen molar-refractivity contribution in [1.29, 1.82) is 0 Å². The van der Waals surface area contributed by atoms with Crippen molar-refractivity contribution >= 4 is 22.6 Å². The highest BCUT2D eigenvalue weighted by atomic mass is 15.1. The number of hydrogen-bond donors (Lipinski definition) is 0. The Kier molecular flexibility index (Phi) is 8.41. The fourth-order valence-electron chi connectivity index (χ4n) is 14.1. The highest BCUT2D eigenvalue weighted by Gasteiger charge is 2.57. The topological polar surface area (TPSA) is 3.24 Å². The monoisotopic (exact) mass is 883 g/mol. The Balaban J connectivity index is 1.05. The normalized spacial score (nSPS) is 17.2. The molecule has 0 amide bonds. The molecule has 0 radical (unpaired) electrons. The van der Waals surface area contributed by atoms with Crippen LogP contribution in [0.4, 0.5) is 17.1 Å². The largest absolute Gasteiger partial charge is 0.310 e. The molecule has 0 heterocycles. The van der Waals surface area contributed by atoms with Crippen molar-refractivity contribution in [2.24, 2.45) is 0 Å². The fourth-order valence-corrected chi connectivity index (χ4v) is 14.1. The molecule has 14 rings (SSSR count). The van der Waals surface area contributed by atoms with Gasteiger partial charge in [-0.3, -0.25) is 0 Å². The number of allylic oxidation sites excluding steroid dienone is 4. The Labute approximate surface area is 406 Å². The third-order valence-electron chi connectivity index (χ3n) is 17.1. The lowest BCUT2D eigenvalue weighted by atomic mass is 9.51. The maximum absolute atomic E-state index is 2.57. The van der Waals surface area contributed by atoms with Gasteiger partial charge in [-0.25, -0.2) is 0 Å². The van der Waals surface area contributed by atoms with Crippen LogP contribution in [0.5, 0.6) is 0 Å². The minimum Gasteiger partial charge on any atom is -0.310 e. The van der Waals surface area contributed by atoms with E-state index >= 15 is 0 Å². The lowest BCUT2D eigenvalue weighted by Gasteiger charge is -2.50. The lowest BCUT2D eigenvalue weighted by molar-refractivity contribution is 0.623. The second-order valence-electron chi connectivity index (χ2n) is 21.0. The van der Waals surface area contributed by atoms with Gasteiger partial charge < -0.3 is 4.90 Å². The molecule has 9 aromatic rings. The van der Waals surface area contributed by atoms with Gasteiger partial charge in [0.15, 0.2) is 0 Å². The Bertz CT molecular complexity index is 3580. The molecule has 5 aliphatic carbocycles.